The zero-order valence-electron chi connectivity index (χ0n) is 11.0. The molecule has 2 N–H and O–H groups in total. The number of nitrogens with one attached hydrogen (secondary N) is 2. The third-order valence-corrected chi connectivity index (χ3v) is 3.06. The third kappa shape index (κ3) is 5.33. The molecule has 0 unspecified atom stereocenters. The zero-order chi connectivity index (χ0) is 13.8. The summed E-state index contributed by atoms with van der Waals surface area (Å²) in [6.07, 6.45) is 2.77. The topological polar surface area (TPSA) is 80.3 Å². The molecular formula is C11H19N3O3S. The predicted octanol–water partition coefficient (Wildman–Crippen LogP) is 0.830. The number of ether oxygens (including phenoxy) is 1. The molecule has 0 atom stereocenters. The van der Waals surface area contributed by atoms with E-state index in [1.807, 2.05) is 0 Å². The van der Waals surface area contributed by atoms with Gasteiger partial charge in [-0.2, -0.15) is 0 Å². The molecule has 1 rings (SSSR count). The molecule has 1 aromatic heterocycles. The molecule has 0 amide bonds. The van der Waals surface area contributed by atoms with Crippen LogP contribution in [0.15, 0.2) is 18.3 Å². The summed E-state index contributed by atoms with van der Waals surface area (Å²) in [6, 6.07) is 3.54. The number of rotatable bonds is 6. The number of sulfonamides is 1. The molecule has 0 saturated carbocycles. The average Bonchev–Trinajstić information content (AvgIpc) is 2.24. The lowest BCUT2D eigenvalue weighted by atomic mass is 10.1. The van der Waals surface area contributed by atoms with Crippen molar-refractivity contribution in [1.29, 1.82) is 0 Å². The first-order valence-electron chi connectivity index (χ1n) is 5.45. The molecule has 1 aromatic rings. The first-order valence-corrected chi connectivity index (χ1v) is 7.34. The number of methoxy groups -OCH3 is 1. The quantitative estimate of drug-likeness (QED) is 0.802. The molecule has 0 radical (unpaired) electrons. The van der Waals surface area contributed by atoms with Gasteiger partial charge < -0.3 is 10.1 Å². The summed E-state index contributed by atoms with van der Waals surface area (Å²) >= 11 is 0. The van der Waals surface area contributed by atoms with Crippen LogP contribution in [-0.4, -0.2) is 38.9 Å². The maximum atomic E-state index is 11.2. The Balaban J connectivity index is 2.63. The molecule has 0 bridgehead atoms. The van der Waals surface area contributed by atoms with Crippen molar-refractivity contribution in [1.82, 2.24) is 9.71 Å². The Morgan fingerprint density at radius 1 is 1.44 bits per heavy atom. The van der Waals surface area contributed by atoms with Gasteiger partial charge in [0.1, 0.15) is 0 Å². The molecule has 7 heteroatoms. The fourth-order valence-electron chi connectivity index (χ4n) is 1.49. The molecule has 0 aromatic carbocycles. The Labute approximate surface area is 108 Å². The van der Waals surface area contributed by atoms with Crippen molar-refractivity contribution in [3.63, 3.8) is 0 Å². The first-order chi connectivity index (χ1) is 8.22. The van der Waals surface area contributed by atoms with Gasteiger partial charge in [-0.1, -0.05) is 0 Å². The number of hydrogen-bond acceptors (Lipinski definition) is 5. The van der Waals surface area contributed by atoms with E-state index in [1.165, 1.54) is 0 Å². The van der Waals surface area contributed by atoms with Crippen molar-refractivity contribution in [2.24, 2.45) is 0 Å². The molecule has 18 heavy (non-hydrogen) atoms. The van der Waals surface area contributed by atoms with E-state index < -0.39 is 15.6 Å². The van der Waals surface area contributed by atoms with Crippen molar-refractivity contribution < 1.29 is 13.2 Å². The van der Waals surface area contributed by atoms with Crippen molar-refractivity contribution in [2.75, 3.05) is 25.2 Å². The van der Waals surface area contributed by atoms with Crippen LogP contribution >= 0.6 is 0 Å². The minimum absolute atomic E-state index is 0.452. The second-order valence-electron chi connectivity index (χ2n) is 4.70. The maximum absolute atomic E-state index is 11.2. The van der Waals surface area contributed by atoms with E-state index >= 15 is 0 Å². The fraction of sp³-hybridized carbons (Fsp3) is 0.545. The Morgan fingerprint density at radius 3 is 2.67 bits per heavy atom. The molecule has 1 heterocycles. The lowest BCUT2D eigenvalue weighted by molar-refractivity contribution is 0.398. The minimum atomic E-state index is -3.23. The van der Waals surface area contributed by atoms with Gasteiger partial charge >= 0.3 is 0 Å². The van der Waals surface area contributed by atoms with Crippen molar-refractivity contribution in [3.8, 4) is 5.88 Å². The number of aromatic nitrogens is 1. The van der Waals surface area contributed by atoms with Crippen molar-refractivity contribution in [2.45, 2.75) is 19.4 Å². The minimum Gasteiger partial charge on any atom is -0.481 e. The van der Waals surface area contributed by atoms with Gasteiger partial charge in [0.2, 0.25) is 15.9 Å². The van der Waals surface area contributed by atoms with Gasteiger partial charge in [0, 0.05) is 30.0 Å². The van der Waals surface area contributed by atoms with Gasteiger partial charge in [0.05, 0.1) is 13.4 Å². The number of nitrogens with zero attached hydrogens (tertiary/aromatic N) is 1. The van der Waals surface area contributed by atoms with E-state index in [4.69, 9.17) is 4.74 Å². The highest BCUT2D eigenvalue weighted by Gasteiger charge is 2.21. The van der Waals surface area contributed by atoms with E-state index in [1.54, 1.807) is 39.3 Å². The van der Waals surface area contributed by atoms with Gasteiger partial charge in [-0.25, -0.2) is 18.1 Å². The van der Waals surface area contributed by atoms with Crippen LogP contribution < -0.4 is 14.8 Å². The summed E-state index contributed by atoms with van der Waals surface area (Å²) < 4.78 is 29.9. The third-order valence-electron chi connectivity index (χ3n) is 2.14. The molecule has 0 aliphatic rings. The molecule has 0 aliphatic carbocycles. The number of hydrogen-bond donors (Lipinski definition) is 2. The highest BCUT2D eigenvalue weighted by molar-refractivity contribution is 7.88. The van der Waals surface area contributed by atoms with Gasteiger partial charge in [-0.05, 0) is 19.9 Å². The molecule has 0 aliphatic heterocycles. The second-order valence-corrected chi connectivity index (χ2v) is 6.45. The normalized spacial score (nSPS) is 12.2. The van der Waals surface area contributed by atoms with Crippen LogP contribution in [-0.2, 0) is 10.0 Å². The van der Waals surface area contributed by atoms with E-state index in [0.29, 0.717) is 12.4 Å². The molecule has 0 saturated heterocycles. The lowest BCUT2D eigenvalue weighted by Gasteiger charge is -2.25. The highest BCUT2D eigenvalue weighted by atomic mass is 32.2. The highest BCUT2D eigenvalue weighted by Crippen LogP contribution is 2.14. The Hall–Kier alpha value is -1.34. The lowest BCUT2D eigenvalue weighted by Crippen LogP contribution is -2.47. The van der Waals surface area contributed by atoms with E-state index in [2.05, 4.69) is 15.0 Å². The zero-order valence-corrected chi connectivity index (χ0v) is 11.8. The van der Waals surface area contributed by atoms with Gasteiger partial charge in [0.15, 0.2) is 0 Å². The van der Waals surface area contributed by atoms with Crippen LogP contribution in [0.3, 0.4) is 0 Å². The second kappa shape index (κ2) is 5.53. The molecule has 0 spiro atoms. The monoisotopic (exact) mass is 273 g/mol. The van der Waals surface area contributed by atoms with Gasteiger partial charge in [-0.15, -0.1) is 0 Å². The van der Waals surface area contributed by atoms with E-state index in [-0.39, 0.29) is 0 Å². The van der Waals surface area contributed by atoms with Gasteiger partial charge in [0.25, 0.3) is 0 Å². The van der Waals surface area contributed by atoms with Crippen molar-refractivity contribution >= 4 is 15.7 Å². The summed E-state index contributed by atoms with van der Waals surface area (Å²) in [4.78, 5) is 3.99. The number of pyridine rings is 1. The summed E-state index contributed by atoms with van der Waals surface area (Å²) in [6.45, 7) is 4.06. The molecule has 102 valence electrons. The number of anilines is 1. The molecular weight excluding hydrogens is 254 g/mol. The van der Waals surface area contributed by atoms with Crippen molar-refractivity contribution in [3.05, 3.63) is 18.3 Å². The summed E-state index contributed by atoms with van der Waals surface area (Å²) in [7, 11) is -1.68. The van der Waals surface area contributed by atoms with Crippen LogP contribution in [0, 0.1) is 0 Å². The van der Waals surface area contributed by atoms with Crippen LogP contribution in [0.2, 0.25) is 0 Å². The average molecular weight is 273 g/mol. The molecule has 6 nitrogen and oxygen atoms in total. The van der Waals surface area contributed by atoms with Crippen LogP contribution in [0.25, 0.3) is 0 Å². The van der Waals surface area contributed by atoms with Gasteiger partial charge in [-0.3, -0.25) is 0 Å². The smallest absolute Gasteiger partial charge is 0.214 e. The SMILES string of the molecule is COc1cc(NCC(C)(C)NS(C)(=O)=O)ccn1. The van der Waals surface area contributed by atoms with Crippen LogP contribution in [0.1, 0.15) is 13.8 Å². The predicted molar refractivity (Wildman–Crippen MR) is 71.3 cm³/mol. The Kier molecular flexibility index (Phi) is 4.53. The Morgan fingerprint density at radius 2 is 2.11 bits per heavy atom. The maximum Gasteiger partial charge on any atom is 0.214 e. The van der Waals surface area contributed by atoms with Crippen LogP contribution in [0.4, 0.5) is 5.69 Å². The summed E-state index contributed by atoms with van der Waals surface area (Å²) in [5, 5.41) is 3.14. The summed E-state index contributed by atoms with van der Waals surface area (Å²) in [5.41, 5.74) is 0.245. The molecule has 0 fully saturated rings. The standard InChI is InChI=1S/C11H19N3O3S/c1-11(2,14-18(4,15)16)8-13-9-5-6-12-10(7-9)17-3/h5-7,14H,8H2,1-4H3,(H,12,13). The summed E-state index contributed by atoms with van der Waals surface area (Å²) in [5.74, 6) is 0.508. The largest absolute Gasteiger partial charge is 0.481 e. The fourth-order valence-corrected chi connectivity index (χ4v) is 2.57. The van der Waals surface area contributed by atoms with E-state index in [0.717, 1.165) is 11.9 Å². The first kappa shape index (κ1) is 14.7. The van der Waals surface area contributed by atoms with E-state index in [9.17, 15) is 8.42 Å². The Bertz CT molecular complexity index is 500. The van der Waals surface area contributed by atoms with Crippen LogP contribution in [0.5, 0.6) is 5.88 Å².